The predicted molar refractivity (Wildman–Crippen MR) is 534 cm³/mol. The minimum Gasteiger partial charge on any atom is -0.496 e. The van der Waals surface area contributed by atoms with E-state index >= 15 is 0 Å². The summed E-state index contributed by atoms with van der Waals surface area (Å²) in [4.78, 5) is 0. The lowest BCUT2D eigenvalue weighted by molar-refractivity contribution is 0.172. The molecule has 12 aromatic rings. The van der Waals surface area contributed by atoms with Crippen molar-refractivity contribution in [1.82, 2.24) is 0 Å². The van der Waals surface area contributed by atoms with Crippen LogP contribution in [-0.2, 0) is 91.3 Å². The van der Waals surface area contributed by atoms with Crippen molar-refractivity contribution in [1.29, 1.82) is 0 Å². The van der Waals surface area contributed by atoms with Gasteiger partial charge in [-0.15, -0.1) is 0 Å². The summed E-state index contributed by atoms with van der Waals surface area (Å²) in [6, 6.07) is 65.1. The van der Waals surface area contributed by atoms with Crippen molar-refractivity contribution in [3.8, 4) is 23.0 Å². The molecule has 0 heterocycles. The minimum atomic E-state index is 0.145. The van der Waals surface area contributed by atoms with E-state index in [1.165, 1.54) is 258 Å². The summed E-state index contributed by atoms with van der Waals surface area (Å²) in [5.41, 5.74) is 48.2. The number of methoxy groups -OCH3 is 4. The zero-order valence-corrected chi connectivity index (χ0v) is 81.7. The van der Waals surface area contributed by atoms with E-state index in [0.29, 0.717) is 17.3 Å². The molecule has 5 saturated carbocycles. The van der Waals surface area contributed by atoms with Gasteiger partial charge < -0.3 is 18.9 Å². The largest absolute Gasteiger partial charge is 0.496 e. The summed E-state index contributed by atoms with van der Waals surface area (Å²) in [5.74, 6) is 11.5. The van der Waals surface area contributed by atoms with Gasteiger partial charge in [-0.2, -0.15) is 0 Å². The second kappa shape index (κ2) is 31.2. The van der Waals surface area contributed by atoms with Gasteiger partial charge in [-0.3, -0.25) is 0 Å². The zero-order valence-electron chi connectivity index (χ0n) is 78.5. The summed E-state index contributed by atoms with van der Waals surface area (Å²) in [6.07, 6.45) is 33.0. The first-order valence-corrected chi connectivity index (χ1v) is 51.2. The van der Waals surface area contributed by atoms with E-state index in [1.54, 1.807) is 114 Å². The molecule has 0 saturated heterocycles. The molecule has 128 heavy (non-hydrogen) atoms. The topological polar surface area (TPSA) is 36.9 Å². The fraction of sp³-hybridized carbons (Fsp3) is 0.443. The Kier molecular flexibility index (Phi) is 20.4. The molecule has 5 spiro atoms. The average molecular weight is 1820 g/mol. The molecule has 656 valence electrons. The van der Waals surface area contributed by atoms with Crippen LogP contribution in [0.25, 0.3) is 21.5 Å². The molecule has 0 bridgehead atoms. The predicted octanol–water partition coefficient (Wildman–Crippen LogP) is 29.5. The smallest absolute Gasteiger partial charge is 0.161 e. The molecule has 15 aliphatic rings. The Balaban J connectivity index is 0.0000000917. The monoisotopic (exact) mass is 1820 g/mol. The van der Waals surface area contributed by atoms with Gasteiger partial charge >= 0.3 is 0 Å². The van der Waals surface area contributed by atoms with Crippen LogP contribution in [0, 0.1) is 128 Å². The number of ether oxygens (including phenoxy) is 4. The van der Waals surface area contributed by atoms with E-state index in [-0.39, 0.29) is 21.7 Å². The van der Waals surface area contributed by atoms with E-state index in [4.69, 9.17) is 18.9 Å². The fourth-order valence-electron chi connectivity index (χ4n) is 33.3. The number of rotatable bonds is 4. The third kappa shape index (κ3) is 11.6. The van der Waals surface area contributed by atoms with Crippen molar-refractivity contribution < 1.29 is 18.9 Å². The SMILES string of the molecule is COc1cc2c(cc1OC)C13c4cc(C)c(C)cc4C[C@@H]1CCC[C@H]3C2.COc1ccc(Br)c2c1C13c4c(C)ccc(Br)c4C[C@@H]1CCC[C@H]3C2.COc1ccc(C)c2c1C13c4c(C)ccc(C)c4C[C@@H]1CCC[C@H]3C2.Cc1ccc(C)c2c1C[C@@H]1CCC[C@H]3Cc4c(C)ccc(C)c4C213.c1ccc2cc3c(cc2c1)C[C@@H]1CCC[C@H]2Cc4cc5ccccc5cc4C312. The van der Waals surface area contributed by atoms with Crippen LogP contribution in [0.3, 0.4) is 0 Å². The van der Waals surface area contributed by atoms with Gasteiger partial charge in [0.05, 0.1) is 28.4 Å². The lowest BCUT2D eigenvalue weighted by Gasteiger charge is -2.45. The number of aryl methyl sites for hydroxylation is 10. The number of hydrogen-bond donors (Lipinski definition) is 0. The number of hydrogen-bond acceptors (Lipinski definition) is 4. The maximum absolute atomic E-state index is 5.95. The summed E-state index contributed by atoms with van der Waals surface area (Å²) >= 11 is 7.70. The Morgan fingerprint density at radius 1 is 0.219 bits per heavy atom. The van der Waals surface area contributed by atoms with Gasteiger partial charge in [0.1, 0.15) is 11.5 Å². The Morgan fingerprint density at radius 2 is 0.469 bits per heavy atom. The van der Waals surface area contributed by atoms with E-state index in [2.05, 4.69) is 271 Å². The van der Waals surface area contributed by atoms with Crippen LogP contribution in [0.2, 0.25) is 0 Å². The van der Waals surface area contributed by atoms with E-state index in [1.807, 2.05) is 14.2 Å². The maximum atomic E-state index is 5.95. The van der Waals surface area contributed by atoms with Crippen molar-refractivity contribution >= 4 is 53.4 Å². The second-order valence-electron chi connectivity index (χ2n) is 43.1. The molecule has 0 amide bonds. The van der Waals surface area contributed by atoms with Crippen LogP contribution < -0.4 is 18.9 Å². The molecule has 4 nitrogen and oxygen atoms in total. The molecule has 13 atom stereocenters. The molecular weight excluding hydrogens is 1690 g/mol. The van der Waals surface area contributed by atoms with E-state index < -0.39 is 0 Å². The Hall–Kier alpha value is -8.68. The lowest BCUT2D eigenvalue weighted by Crippen LogP contribution is -2.41. The number of benzene rings is 12. The third-order valence-corrected chi connectivity index (χ3v) is 39.5. The molecule has 3 unspecified atom stereocenters. The van der Waals surface area contributed by atoms with Gasteiger partial charge in [0.2, 0.25) is 0 Å². The van der Waals surface area contributed by atoms with Crippen LogP contribution in [0.4, 0.5) is 0 Å². The molecule has 0 aromatic heterocycles. The van der Waals surface area contributed by atoms with E-state index in [9.17, 15) is 0 Å². The van der Waals surface area contributed by atoms with Gasteiger partial charge in [0.15, 0.2) is 11.5 Å². The van der Waals surface area contributed by atoms with Crippen LogP contribution >= 0.6 is 31.9 Å². The highest BCUT2D eigenvalue weighted by molar-refractivity contribution is 9.10. The molecule has 27 rings (SSSR count). The van der Waals surface area contributed by atoms with Crippen molar-refractivity contribution in [2.45, 2.75) is 257 Å². The van der Waals surface area contributed by atoms with Crippen LogP contribution in [0.5, 0.6) is 23.0 Å². The van der Waals surface area contributed by atoms with Crippen LogP contribution in [-0.4, -0.2) is 28.4 Å². The van der Waals surface area contributed by atoms with Crippen LogP contribution in [0.15, 0.2) is 179 Å². The molecule has 0 N–H and O–H groups in total. The first-order chi connectivity index (χ1) is 62.1. The van der Waals surface area contributed by atoms with Crippen LogP contribution in [0.1, 0.15) is 263 Å². The molecule has 6 heteroatoms. The highest BCUT2D eigenvalue weighted by Crippen LogP contribution is 2.72. The van der Waals surface area contributed by atoms with Gasteiger partial charge in [0, 0.05) is 47.1 Å². The van der Waals surface area contributed by atoms with Gasteiger partial charge in [0.25, 0.3) is 0 Å². The first kappa shape index (κ1) is 83.6. The molecule has 5 fully saturated rings. The maximum Gasteiger partial charge on any atom is 0.161 e. The number of halogens is 2. The standard InChI is InChI=1S/C28H24.C24H28O2.C24H28O.C24H28.C22H22Br2O/c1-3-8-20-16-26-22(12-18(20)6-1)14-24-10-5-11-25-15-23-13-19-7-2-4-9-21(19)17-27(23)28(24,25)26;1-14-8-16-10-18-6-5-7-19-11-17-12-22(25-3)23(26-4)13-21(17)24(18,19)20(16)9-15(14)2;1-14-8-9-16(3)22-19(14)12-17-6-5-7-18-13-20-15(2)10-11-21(25-4)23(20)24(17,18)22;1-14-8-10-16(3)22-20(14)12-18-6-5-7-19-13-21-15(2)9-11-17(4)23(21)24(18,19)22;1-12-6-7-17(23)15-10-13-4-3-5-14-11-16-18(24)8-9-19(25-2)21(16)22(13,14)20(12)15/h1-4,6-9,12-13,16-17,24-25H,5,10-11,14-15H2;8-9,12-13,18-19H,5-7,10-11H2,1-4H3;8-11,17-18H,5-7,12-13H2,1-4H3;8-11,18-19H,5-7,12-13H2,1-4H3;6-9,13-14H,3-5,10-11H2,1-2H3/t24-,25-,28?;18-,19-,24?;17-,18-,24?;18-,19-,24?;13-,14-,22?/m00000/s1. The third-order valence-electron chi connectivity index (χ3n) is 38.0. The number of fused-ring (bicyclic) bond motifs is 12. The normalized spacial score (nSPS) is 28.6. The molecule has 0 radical (unpaired) electrons. The van der Waals surface area contributed by atoms with Crippen molar-refractivity contribution in [2.75, 3.05) is 28.4 Å². The Morgan fingerprint density at radius 3 is 0.859 bits per heavy atom. The molecular formula is C122H130Br2O4. The minimum absolute atomic E-state index is 0.145. The molecule has 0 aliphatic heterocycles. The fourth-order valence-corrected chi connectivity index (χ4v) is 34.3. The highest BCUT2D eigenvalue weighted by Gasteiger charge is 2.65. The summed E-state index contributed by atoms with van der Waals surface area (Å²) in [5, 5.41) is 5.64. The molecule has 15 aliphatic carbocycles. The molecule has 12 aromatic carbocycles. The van der Waals surface area contributed by atoms with Crippen molar-refractivity contribution in [3.63, 3.8) is 0 Å². The van der Waals surface area contributed by atoms with Gasteiger partial charge in [-0.05, 0) is 483 Å². The average Bonchev–Trinajstić information content (AvgIpc) is 1.51. The summed E-state index contributed by atoms with van der Waals surface area (Å²) in [7, 11) is 7.17. The second-order valence-corrected chi connectivity index (χ2v) is 44.8. The lowest BCUT2D eigenvalue weighted by atomic mass is 9.58. The first-order valence-electron chi connectivity index (χ1n) is 49.7. The Bertz CT molecular complexity index is 6280. The van der Waals surface area contributed by atoms with Gasteiger partial charge in [-0.25, -0.2) is 0 Å². The van der Waals surface area contributed by atoms with Crippen molar-refractivity contribution in [2.24, 2.45) is 59.2 Å². The zero-order chi connectivity index (χ0) is 87.7. The van der Waals surface area contributed by atoms with E-state index in [0.717, 1.165) is 70.3 Å². The highest BCUT2D eigenvalue weighted by atomic mass is 79.9. The van der Waals surface area contributed by atoms with Crippen molar-refractivity contribution in [3.05, 3.63) is 346 Å². The van der Waals surface area contributed by atoms with Gasteiger partial charge in [-0.1, -0.05) is 185 Å². The quantitative estimate of drug-likeness (QED) is 0.176. The summed E-state index contributed by atoms with van der Waals surface area (Å²) < 4.78 is 25.7. The summed E-state index contributed by atoms with van der Waals surface area (Å²) in [6.45, 7) is 23.2. The Labute approximate surface area is 779 Å².